The summed E-state index contributed by atoms with van der Waals surface area (Å²) in [4.78, 5) is 0. The van der Waals surface area contributed by atoms with Crippen LogP contribution in [0, 0.1) is 23.0 Å². The highest BCUT2D eigenvalue weighted by atomic mass is 19.1. The molecule has 19 heavy (non-hydrogen) atoms. The van der Waals surface area contributed by atoms with E-state index in [0.29, 0.717) is 12.3 Å². The molecule has 0 saturated carbocycles. The molecule has 98 valence electrons. The molecule has 1 aromatic heterocycles. The SMILES string of the molecule is CC(NCc1ccc(C#N)o1)c1cc(F)ccc1F. The summed E-state index contributed by atoms with van der Waals surface area (Å²) in [6.45, 7) is 2.06. The van der Waals surface area contributed by atoms with E-state index in [9.17, 15) is 8.78 Å². The number of nitriles is 1. The van der Waals surface area contributed by atoms with Crippen LogP contribution in [-0.4, -0.2) is 0 Å². The lowest BCUT2D eigenvalue weighted by molar-refractivity contribution is 0.445. The van der Waals surface area contributed by atoms with Crippen LogP contribution in [0.25, 0.3) is 0 Å². The Labute approximate surface area is 109 Å². The lowest BCUT2D eigenvalue weighted by atomic mass is 10.1. The van der Waals surface area contributed by atoms with E-state index in [-0.39, 0.29) is 17.4 Å². The zero-order valence-electron chi connectivity index (χ0n) is 10.3. The maximum atomic E-state index is 13.5. The Morgan fingerprint density at radius 1 is 1.32 bits per heavy atom. The molecule has 1 N–H and O–H groups in total. The van der Waals surface area contributed by atoms with Crippen LogP contribution in [0.5, 0.6) is 0 Å². The number of furan rings is 1. The Hall–Kier alpha value is -2.19. The Kier molecular flexibility index (Phi) is 3.93. The molecule has 3 nitrogen and oxygen atoms in total. The molecule has 0 amide bonds. The number of nitrogens with one attached hydrogen (secondary N) is 1. The summed E-state index contributed by atoms with van der Waals surface area (Å²) in [5.74, 6) is -0.144. The van der Waals surface area contributed by atoms with Gasteiger partial charge in [0.15, 0.2) is 0 Å². The first-order valence-corrected chi connectivity index (χ1v) is 5.77. The van der Waals surface area contributed by atoms with Crippen LogP contribution in [0.4, 0.5) is 8.78 Å². The van der Waals surface area contributed by atoms with Gasteiger partial charge < -0.3 is 9.73 Å². The quantitative estimate of drug-likeness (QED) is 0.919. The van der Waals surface area contributed by atoms with E-state index < -0.39 is 11.6 Å². The van der Waals surface area contributed by atoms with Crippen molar-refractivity contribution in [2.45, 2.75) is 19.5 Å². The van der Waals surface area contributed by atoms with Gasteiger partial charge in [0.25, 0.3) is 0 Å². The summed E-state index contributed by atoms with van der Waals surface area (Å²) in [6, 6.07) is 8.08. The Bertz CT molecular complexity index is 616. The minimum absolute atomic E-state index is 0.224. The lowest BCUT2D eigenvalue weighted by Gasteiger charge is -2.14. The summed E-state index contributed by atoms with van der Waals surface area (Å²) < 4.78 is 31.8. The summed E-state index contributed by atoms with van der Waals surface area (Å²) in [7, 11) is 0. The van der Waals surface area contributed by atoms with Crippen molar-refractivity contribution in [3.63, 3.8) is 0 Å². The normalized spacial score (nSPS) is 12.1. The molecule has 0 aliphatic heterocycles. The van der Waals surface area contributed by atoms with Crippen LogP contribution in [-0.2, 0) is 6.54 Å². The van der Waals surface area contributed by atoms with Crippen LogP contribution in [0.1, 0.15) is 30.0 Å². The van der Waals surface area contributed by atoms with Crippen molar-refractivity contribution in [1.29, 1.82) is 5.26 Å². The molecule has 1 unspecified atom stereocenters. The van der Waals surface area contributed by atoms with Gasteiger partial charge in [-0.3, -0.25) is 0 Å². The van der Waals surface area contributed by atoms with Gasteiger partial charge in [-0.2, -0.15) is 5.26 Å². The molecule has 1 aromatic carbocycles. The fraction of sp³-hybridized carbons (Fsp3) is 0.214. The summed E-state index contributed by atoms with van der Waals surface area (Å²) in [5, 5.41) is 11.6. The largest absolute Gasteiger partial charge is 0.449 e. The zero-order chi connectivity index (χ0) is 13.8. The fourth-order valence-electron chi connectivity index (χ4n) is 1.74. The Balaban J connectivity index is 2.03. The van der Waals surface area contributed by atoms with Gasteiger partial charge in [-0.1, -0.05) is 0 Å². The molecular formula is C14H12F2N2O. The topological polar surface area (TPSA) is 49.0 Å². The van der Waals surface area contributed by atoms with Crippen molar-refractivity contribution in [2.24, 2.45) is 0 Å². The number of hydrogen-bond acceptors (Lipinski definition) is 3. The molecule has 0 spiro atoms. The first-order valence-electron chi connectivity index (χ1n) is 5.77. The molecule has 0 aliphatic carbocycles. The van der Waals surface area contributed by atoms with Crippen LogP contribution < -0.4 is 5.32 Å². The third-order valence-electron chi connectivity index (χ3n) is 2.78. The molecule has 2 aromatic rings. The first-order chi connectivity index (χ1) is 9.10. The summed E-state index contributed by atoms with van der Waals surface area (Å²) >= 11 is 0. The van der Waals surface area contributed by atoms with Gasteiger partial charge in [0.1, 0.15) is 23.5 Å². The minimum atomic E-state index is -0.477. The first kappa shape index (κ1) is 13.2. The van der Waals surface area contributed by atoms with Crippen molar-refractivity contribution in [1.82, 2.24) is 5.32 Å². The Morgan fingerprint density at radius 3 is 2.79 bits per heavy atom. The standard InChI is InChI=1S/C14H12F2N2O/c1-9(13-6-10(15)2-5-14(13)16)18-8-12-4-3-11(7-17)19-12/h2-6,9,18H,8H2,1H3. The van der Waals surface area contributed by atoms with E-state index in [2.05, 4.69) is 5.32 Å². The molecule has 0 aliphatic rings. The van der Waals surface area contributed by atoms with Gasteiger partial charge in [0.05, 0.1) is 6.54 Å². The van der Waals surface area contributed by atoms with Crippen LogP contribution in [0.3, 0.4) is 0 Å². The third kappa shape index (κ3) is 3.18. The molecule has 1 heterocycles. The van der Waals surface area contributed by atoms with Crippen LogP contribution in [0.15, 0.2) is 34.7 Å². The molecular weight excluding hydrogens is 250 g/mol. The van der Waals surface area contributed by atoms with Crippen LogP contribution >= 0.6 is 0 Å². The van der Waals surface area contributed by atoms with Crippen molar-refractivity contribution < 1.29 is 13.2 Å². The lowest BCUT2D eigenvalue weighted by Crippen LogP contribution is -2.19. The fourth-order valence-corrected chi connectivity index (χ4v) is 1.74. The van der Waals surface area contributed by atoms with Gasteiger partial charge in [0.2, 0.25) is 5.76 Å². The highest BCUT2D eigenvalue weighted by Gasteiger charge is 2.12. The monoisotopic (exact) mass is 262 g/mol. The number of hydrogen-bond donors (Lipinski definition) is 1. The Morgan fingerprint density at radius 2 is 2.11 bits per heavy atom. The average molecular weight is 262 g/mol. The van der Waals surface area contributed by atoms with Crippen LogP contribution in [0.2, 0.25) is 0 Å². The van der Waals surface area contributed by atoms with E-state index in [1.807, 2.05) is 6.07 Å². The van der Waals surface area contributed by atoms with E-state index >= 15 is 0 Å². The summed E-state index contributed by atoms with van der Waals surface area (Å²) in [6.07, 6.45) is 0. The summed E-state index contributed by atoms with van der Waals surface area (Å²) in [5.41, 5.74) is 0.257. The van der Waals surface area contributed by atoms with E-state index in [0.717, 1.165) is 18.2 Å². The van der Waals surface area contributed by atoms with Gasteiger partial charge in [-0.05, 0) is 37.3 Å². The van der Waals surface area contributed by atoms with Crippen molar-refractivity contribution >= 4 is 0 Å². The van der Waals surface area contributed by atoms with E-state index in [1.54, 1.807) is 19.1 Å². The predicted molar refractivity (Wildman–Crippen MR) is 65.0 cm³/mol. The average Bonchev–Trinajstić information content (AvgIpc) is 2.87. The van der Waals surface area contributed by atoms with Crippen molar-refractivity contribution in [3.8, 4) is 6.07 Å². The smallest absolute Gasteiger partial charge is 0.203 e. The maximum absolute atomic E-state index is 13.5. The highest BCUT2D eigenvalue weighted by Crippen LogP contribution is 2.18. The molecule has 2 rings (SSSR count). The second-order valence-electron chi connectivity index (χ2n) is 4.15. The van der Waals surface area contributed by atoms with Gasteiger partial charge in [-0.25, -0.2) is 8.78 Å². The molecule has 0 fully saturated rings. The molecule has 1 atom stereocenters. The zero-order valence-corrected chi connectivity index (χ0v) is 10.3. The second-order valence-corrected chi connectivity index (χ2v) is 4.15. The van der Waals surface area contributed by atoms with Gasteiger partial charge >= 0.3 is 0 Å². The molecule has 5 heteroatoms. The van der Waals surface area contributed by atoms with Crippen molar-refractivity contribution in [2.75, 3.05) is 0 Å². The maximum Gasteiger partial charge on any atom is 0.203 e. The van der Waals surface area contributed by atoms with Crippen molar-refractivity contribution in [3.05, 3.63) is 59.1 Å². The number of benzene rings is 1. The number of halogens is 2. The highest BCUT2D eigenvalue weighted by molar-refractivity contribution is 5.22. The number of nitrogens with zero attached hydrogens (tertiary/aromatic N) is 1. The molecule has 0 radical (unpaired) electrons. The van der Waals surface area contributed by atoms with E-state index in [4.69, 9.17) is 9.68 Å². The third-order valence-corrected chi connectivity index (χ3v) is 2.78. The van der Waals surface area contributed by atoms with Gasteiger partial charge in [-0.15, -0.1) is 0 Å². The minimum Gasteiger partial charge on any atom is -0.449 e. The van der Waals surface area contributed by atoms with Gasteiger partial charge in [0, 0.05) is 11.6 Å². The molecule has 0 saturated heterocycles. The molecule has 0 bridgehead atoms. The number of rotatable bonds is 4. The van der Waals surface area contributed by atoms with E-state index in [1.165, 1.54) is 0 Å². The second kappa shape index (κ2) is 5.63. The predicted octanol–water partition coefficient (Wildman–Crippen LogP) is 3.28.